The average Bonchev–Trinajstić information content (AvgIpc) is 2.03. The van der Waals surface area contributed by atoms with E-state index < -0.39 is 32.4 Å². The zero-order valence-corrected chi connectivity index (χ0v) is 8.72. The first-order valence-corrected chi connectivity index (χ1v) is 5.49. The molecule has 0 amide bonds. The van der Waals surface area contributed by atoms with E-state index in [2.05, 4.69) is 4.74 Å². The normalized spacial score (nSPS) is 13.0. The summed E-state index contributed by atoms with van der Waals surface area (Å²) >= 11 is -0.621. The van der Waals surface area contributed by atoms with Crippen molar-refractivity contribution >= 4 is 24.7 Å². The van der Waals surface area contributed by atoms with Crippen LogP contribution < -0.4 is 0 Å². The van der Waals surface area contributed by atoms with E-state index in [-0.39, 0.29) is 10.3 Å². The Morgan fingerprint density at radius 3 is 2.92 bits per heavy atom. The lowest BCUT2D eigenvalue weighted by Gasteiger charge is -1.92. The Hall–Kier alpha value is -0.340. The quantitative estimate of drug-likeness (QED) is 0.203. The van der Waals surface area contributed by atoms with E-state index in [4.69, 9.17) is 5.11 Å². The van der Waals surface area contributed by atoms with Gasteiger partial charge in [0.2, 0.25) is 0 Å². The first-order valence-electron chi connectivity index (χ1n) is 3.16. The molecular formula is C6H10INO4. The molecule has 0 saturated carbocycles. The van der Waals surface area contributed by atoms with Gasteiger partial charge in [0.05, 0.1) is 11.5 Å². The molecule has 0 aliphatic heterocycles. The summed E-state index contributed by atoms with van der Waals surface area (Å²) in [4.78, 5) is 9.90. The Labute approximate surface area is 79.9 Å². The molecule has 0 aromatic rings. The fourth-order valence-corrected chi connectivity index (χ4v) is 1.75. The van der Waals surface area contributed by atoms with Gasteiger partial charge in [0.15, 0.2) is 0 Å². The van der Waals surface area contributed by atoms with Crippen LogP contribution in [0.2, 0.25) is 0 Å². The molecule has 0 fully saturated rings. The summed E-state index contributed by atoms with van der Waals surface area (Å²) < 4.78 is 6.54. The van der Waals surface area contributed by atoms with Crippen molar-refractivity contribution in [3.05, 3.63) is 19.9 Å². The highest BCUT2D eigenvalue weighted by Crippen LogP contribution is 2.12. The molecule has 0 radical (unpaired) electrons. The molecular weight excluding hydrogens is 277 g/mol. The minimum absolute atomic E-state index is 0.0976. The van der Waals surface area contributed by atoms with Gasteiger partial charge in [-0.15, -0.1) is 0 Å². The van der Waals surface area contributed by atoms with Gasteiger partial charge in [-0.1, -0.05) is 0 Å². The Morgan fingerprint density at radius 1 is 1.83 bits per heavy atom. The van der Waals surface area contributed by atoms with Crippen molar-refractivity contribution in [2.75, 3.05) is 13.4 Å². The van der Waals surface area contributed by atoms with Crippen LogP contribution in [-0.4, -0.2) is 27.4 Å². The van der Waals surface area contributed by atoms with E-state index in [0.29, 0.717) is 0 Å². The molecule has 6 heteroatoms. The highest BCUT2D eigenvalue weighted by Gasteiger charge is 2.04. The van der Waals surface area contributed by atoms with Crippen LogP contribution in [0.5, 0.6) is 0 Å². The Morgan fingerprint density at radius 2 is 2.50 bits per heavy atom. The topological polar surface area (TPSA) is 72.6 Å². The molecule has 0 aliphatic rings. The predicted octanol–water partition coefficient (Wildman–Crippen LogP) is 0.864. The van der Waals surface area contributed by atoms with Crippen LogP contribution in [0.1, 0.15) is 6.92 Å². The van der Waals surface area contributed by atoms with Gasteiger partial charge >= 0.3 is 0 Å². The molecule has 0 unspecified atom stereocenters. The van der Waals surface area contributed by atoms with Gasteiger partial charge < -0.3 is 9.84 Å². The van der Waals surface area contributed by atoms with Crippen LogP contribution in [-0.2, 0) is 4.74 Å². The molecule has 0 bridgehead atoms. The van der Waals surface area contributed by atoms with Gasteiger partial charge in [0.1, 0.15) is 6.79 Å². The number of hydrogen-bond donors (Lipinski definition) is 1. The van der Waals surface area contributed by atoms with Crippen molar-refractivity contribution in [1.82, 2.24) is 0 Å². The third kappa shape index (κ3) is 5.33. The number of nitro groups is 1. The van der Waals surface area contributed by atoms with E-state index >= 15 is 0 Å². The molecule has 0 saturated heterocycles. The maximum atomic E-state index is 10.3. The second-order valence-electron chi connectivity index (χ2n) is 1.61. The minimum atomic E-state index is -0.621. The Kier molecular flexibility index (Phi) is 7.11. The summed E-state index contributed by atoms with van der Waals surface area (Å²) in [7, 11) is 0. The van der Waals surface area contributed by atoms with Gasteiger partial charge in [0.25, 0.3) is 3.70 Å². The first-order chi connectivity index (χ1) is 5.72. The third-order valence-corrected chi connectivity index (χ3v) is 2.95. The van der Waals surface area contributed by atoms with Gasteiger partial charge in [0, 0.05) is 6.08 Å². The van der Waals surface area contributed by atoms with Gasteiger partial charge in [-0.2, -0.15) is 0 Å². The van der Waals surface area contributed by atoms with E-state index in [1.165, 1.54) is 6.08 Å². The summed E-state index contributed by atoms with van der Waals surface area (Å²) in [6.07, 6.45) is 1.39. The maximum absolute atomic E-state index is 10.3. The van der Waals surface area contributed by atoms with Crippen LogP contribution in [0.4, 0.5) is 0 Å². The van der Waals surface area contributed by atoms with Gasteiger partial charge in [-0.05, 0) is 31.7 Å². The third-order valence-electron chi connectivity index (χ3n) is 0.856. The van der Waals surface area contributed by atoms with Crippen molar-refractivity contribution in [3.63, 3.8) is 0 Å². The van der Waals surface area contributed by atoms with Gasteiger partial charge in [-0.25, -0.2) is 0 Å². The molecule has 5 nitrogen and oxygen atoms in total. The number of hydrogen-bond acceptors (Lipinski definition) is 4. The fraction of sp³-hybridized carbons (Fsp3) is 0.500. The summed E-state index contributed by atoms with van der Waals surface area (Å²) in [5.41, 5.74) is 0. The van der Waals surface area contributed by atoms with E-state index in [0.717, 1.165) is 0 Å². The minimum Gasteiger partial charge on any atom is -0.371 e. The van der Waals surface area contributed by atoms with E-state index in [9.17, 15) is 10.1 Å². The number of aliphatic hydroxyl groups is 1. The summed E-state index contributed by atoms with van der Waals surface area (Å²) in [6.45, 7) is 1.48. The molecule has 0 spiro atoms. The second-order valence-corrected chi connectivity index (χ2v) is 4.58. The molecule has 12 heavy (non-hydrogen) atoms. The number of ether oxygens (including phenoxy) is 1. The van der Waals surface area contributed by atoms with Gasteiger partial charge in [-0.3, -0.25) is 10.1 Å². The van der Waals surface area contributed by atoms with Crippen molar-refractivity contribution in [2.24, 2.45) is 0 Å². The Bertz CT molecular complexity index is 202. The first kappa shape index (κ1) is 11.7. The highest BCUT2D eigenvalue weighted by molar-refractivity contribution is 14.2. The van der Waals surface area contributed by atoms with Crippen LogP contribution in [0.25, 0.3) is 0 Å². The fourth-order valence-electron chi connectivity index (χ4n) is 0.451. The molecule has 1 N–H and O–H groups in total. The number of aliphatic hydroxyl groups excluding tert-OH is 1. The smallest absolute Gasteiger partial charge is 0.296 e. The standard InChI is InChI=1S/C6H10INO4/c1-2-7-6(8(10)11)3-4-12-5-9/h2-3,9H,4-5H2,1H3/b6-3+. The summed E-state index contributed by atoms with van der Waals surface area (Å²) in [6, 6.07) is 0. The lowest BCUT2D eigenvalue weighted by molar-refractivity contribution is -0.407. The molecule has 0 aliphatic carbocycles. The highest BCUT2D eigenvalue weighted by atomic mass is 127. The largest absolute Gasteiger partial charge is 0.371 e. The molecule has 0 heterocycles. The van der Waals surface area contributed by atoms with Crippen LogP contribution in [0.3, 0.4) is 0 Å². The number of halogens is 1. The van der Waals surface area contributed by atoms with Crippen LogP contribution in [0, 0.1) is 10.1 Å². The van der Waals surface area contributed by atoms with Crippen molar-refractivity contribution in [2.45, 2.75) is 6.92 Å². The average molecular weight is 287 g/mol. The van der Waals surface area contributed by atoms with Crippen LogP contribution >= 0.6 is 20.7 Å². The van der Waals surface area contributed by atoms with E-state index in [1.807, 2.05) is 0 Å². The second kappa shape index (κ2) is 7.32. The lowest BCUT2D eigenvalue weighted by Crippen LogP contribution is -1.97. The van der Waals surface area contributed by atoms with Crippen molar-refractivity contribution < 1.29 is 14.8 Å². The zero-order chi connectivity index (χ0) is 9.40. The number of rotatable bonds is 5. The molecule has 0 aromatic carbocycles. The summed E-state index contributed by atoms with van der Waals surface area (Å²) in [5, 5.41) is 18.5. The molecule has 0 aromatic heterocycles. The lowest BCUT2D eigenvalue weighted by atomic mass is 10.6. The van der Waals surface area contributed by atoms with Crippen LogP contribution in [0.15, 0.2) is 9.78 Å². The molecule has 0 rings (SSSR count). The van der Waals surface area contributed by atoms with E-state index in [1.54, 1.807) is 10.9 Å². The monoisotopic (exact) mass is 287 g/mol. The SMILES string of the molecule is CC=I/C(=C\COCO)[N+](=O)[O-]. The molecule has 70 valence electrons. The van der Waals surface area contributed by atoms with Crippen molar-refractivity contribution in [1.29, 1.82) is 0 Å². The zero-order valence-electron chi connectivity index (χ0n) is 6.57. The maximum Gasteiger partial charge on any atom is 0.296 e. The number of nitrogens with zero attached hydrogens (tertiary/aromatic N) is 1. The summed E-state index contributed by atoms with van der Waals surface area (Å²) in [5.74, 6) is 0. The van der Waals surface area contributed by atoms with Crippen molar-refractivity contribution in [3.8, 4) is 0 Å². The predicted molar refractivity (Wildman–Crippen MR) is 53.9 cm³/mol. The Balaban J connectivity index is 4.09. The molecule has 0 atom stereocenters.